The summed E-state index contributed by atoms with van der Waals surface area (Å²) in [6, 6.07) is 10.3. The third-order valence-corrected chi connectivity index (χ3v) is 4.02. The Morgan fingerprint density at radius 3 is 2.86 bits per heavy atom. The van der Waals surface area contributed by atoms with E-state index in [2.05, 4.69) is 29.4 Å². The van der Waals surface area contributed by atoms with Crippen molar-refractivity contribution in [3.8, 4) is 0 Å². The van der Waals surface area contributed by atoms with E-state index in [-0.39, 0.29) is 0 Å². The summed E-state index contributed by atoms with van der Waals surface area (Å²) in [4.78, 5) is 9.10. The number of rotatable bonds is 5. The van der Waals surface area contributed by atoms with Crippen LogP contribution < -0.4 is 5.32 Å². The minimum absolute atomic E-state index is 0.632. The second kappa shape index (κ2) is 6.28. The van der Waals surface area contributed by atoms with Crippen molar-refractivity contribution in [2.75, 3.05) is 6.54 Å². The number of nitrogens with zero attached hydrogens (tertiary/aromatic N) is 2. The molecular weight excluding hydrogens is 282 g/mol. The smallest absolute Gasteiger partial charge is 0.262 e. The lowest BCUT2D eigenvalue weighted by Crippen LogP contribution is -2.13. The number of oxazole rings is 1. The molecule has 0 aliphatic carbocycles. The van der Waals surface area contributed by atoms with Crippen LogP contribution in [0.25, 0.3) is 10.9 Å². The maximum Gasteiger partial charge on any atom is 0.262 e. The number of hydrogen-bond acceptors (Lipinski definition) is 5. The van der Waals surface area contributed by atoms with Gasteiger partial charge in [0.1, 0.15) is 11.3 Å². The van der Waals surface area contributed by atoms with E-state index in [0.29, 0.717) is 5.22 Å². The van der Waals surface area contributed by atoms with E-state index in [4.69, 9.17) is 9.40 Å². The minimum atomic E-state index is 0.632. The predicted molar refractivity (Wildman–Crippen MR) is 84.5 cm³/mol. The van der Waals surface area contributed by atoms with Gasteiger partial charge in [-0.15, -0.1) is 0 Å². The fourth-order valence-corrected chi connectivity index (χ4v) is 2.94. The summed E-state index contributed by atoms with van der Waals surface area (Å²) in [6.07, 6.45) is 1.66. The monoisotopic (exact) mass is 299 g/mol. The summed E-state index contributed by atoms with van der Waals surface area (Å²) < 4.78 is 5.43. The zero-order chi connectivity index (χ0) is 14.7. The van der Waals surface area contributed by atoms with Crippen molar-refractivity contribution in [1.82, 2.24) is 15.3 Å². The Morgan fingerprint density at radius 2 is 2.10 bits per heavy atom. The van der Waals surface area contributed by atoms with E-state index in [0.717, 1.165) is 40.3 Å². The van der Waals surface area contributed by atoms with Gasteiger partial charge in [0.05, 0.1) is 11.2 Å². The van der Waals surface area contributed by atoms with Crippen molar-refractivity contribution < 1.29 is 4.42 Å². The average Bonchev–Trinajstić information content (AvgIpc) is 2.90. The fourth-order valence-electron chi connectivity index (χ4n) is 2.08. The molecule has 5 heteroatoms. The van der Waals surface area contributed by atoms with Crippen molar-refractivity contribution in [2.24, 2.45) is 0 Å². The highest BCUT2D eigenvalue weighted by molar-refractivity contribution is 7.99. The van der Waals surface area contributed by atoms with Gasteiger partial charge in [0.25, 0.3) is 5.22 Å². The van der Waals surface area contributed by atoms with Gasteiger partial charge in [-0.2, -0.15) is 0 Å². The number of benzene rings is 1. The molecule has 21 heavy (non-hydrogen) atoms. The van der Waals surface area contributed by atoms with Gasteiger partial charge in [-0.3, -0.25) is 0 Å². The number of aryl methyl sites for hydroxylation is 1. The maximum atomic E-state index is 5.43. The van der Waals surface area contributed by atoms with Gasteiger partial charge >= 0.3 is 0 Å². The molecule has 0 fully saturated rings. The molecule has 0 atom stereocenters. The van der Waals surface area contributed by atoms with Gasteiger partial charge in [0.15, 0.2) is 0 Å². The van der Waals surface area contributed by atoms with Crippen LogP contribution in [0.1, 0.15) is 18.2 Å². The normalized spacial score (nSPS) is 11.1. The van der Waals surface area contributed by atoms with Crippen molar-refractivity contribution in [3.63, 3.8) is 0 Å². The third kappa shape index (κ3) is 3.25. The molecule has 3 rings (SSSR count). The van der Waals surface area contributed by atoms with Crippen LogP contribution in [0, 0.1) is 6.92 Å². The Kier molecular flexibility index (Phi) is 4.22. The molecule has 0 unspecified atom stereocenters. The number of hydrogen-bond donors (Lipinski definition) is 1. The molecule has 0 aliphatic rings. The summed E-state index contributed by atoms with van der Waals surface area (Å²) >= 11 is 1.47. The predicted octanol–water partition coefficient (Wildman–Crippen LogP) is 3.79. The van der Waals surface area contributed by atoms with Crippen LogP contribution in [-0.4, -0.2) is 16.5 Å². The van der Waals surface area contributed by atoms with Gasteiger partial charge in [0.2, 0.25) is 0 Å². The van der Waals surface area contributed by atoms with Crippen LogP contribution in [0.15, 0.2) is 51.3 Å². The summed E-state index contributed by atoms with van der Waals surface area (Å²) in [5.41, 5.74) is 3.03. The molecule has 0 spiro atoms. The van der Waals surface area contributed by atoms with Crippen molar-refractivity contribution >= 4 is 22.7 Å². The zero-order valence-electron chi connectivity index (χ0n) is 12.1. The lowest BCUT2D eigenvalue weighted by molar-refractivity contribution is 0.453. The van der Waals surface area contributed by atoms with Gasteiger partial charge in [-0.1, -0.05) is 25.1 Å². The SMILES string of the molecule is CCNCc1cc2ccccc2nc1Sc1nc(C)co1. The van der Waals surface area contributed by atoms with Gasteiger partial charge in [-0.05, 0) is 42.9 Å². The lowest BCUT2D eigenvalue weighted by atomic mass is 10.1. The van der Waals surface area contributed by atoms with Gasteiger partial charge in [-0.25, -0.2) is 9.97 Å². The van der Waals surface area contributed by atoms with Crippen molar-refractivity contribution in [3.05, 3.63) is 47.9 Å². The van der Waals surface area contributed by atoms with Crippen LogP contribution in [0.3, 0.4) is 0 Å². The second-order valence-corrected chi connectivity index (χ2v) is 5.72. The molecule has 0 amide bonds. The minimum Gasteiger partial charge on any atom is -0.439 e. The summed E-state index contributed by atoms with van der Waals surface area (Å²) in [6.45, 7) is 5.73. The standard InChI is InChI=1S/C16H17N3OS/c1-3-17-9-13-8-12-6-4-5-7-14(12)19-15(13)21-16-18-11(2)10-20-16/h4-8,10,17H,3,9H2,1-2H3. The van der Waals surface area contributed by atoms with Crippen molar-refractivity contribution in [2.45, 2.75) is 30.6 Å². The number of fused-ring (bicyclic) bond motifs is 1. The Hall–Kier alpha value is -1.85. The molecule has 2 aromatic heterocycles. The highest BCUT2D eigenvalue weighted by atomic mass is 32.2. The fraction of sp³-hybridized carbons (Fsp3) is 0.250. The van der Waals surface area contributed by atoms with Crippen LogP contribution in [0.2, 0.25) is 0 Å². The molecule has 0 aliphatic heterocycles. The van der Waals surface area contributed by atoms with E-state index in [9.17, 15) is 0 Å². The van der Waals surface area contributed by atoms with Crippen LogP contribution in [0.5, 0.6) is 0 Å². The average molecular weight is 299 g/mol. The molecule has 3 aromatic rings. The van der Waals surface area contributed by atoms with E-state index in [1.165, 1.54) is 11.8 Å². The molecular formula is C16H17N3OS. The molecule has 2 heterocycles. The van der Waals surface area contributed by atoms with E-state index in [1.54, 1.807) is 6.26 Å². The summed E-state index contributed by atoms with van der Waals surface area (Å²) in [5, 5.41) is 6.08. The second-order valence-electron chi connectivity index (χ2n) is 4.78. The van der Waals surface area contributed by atoms with E-state index < -0.39 is 0 Å². The van der Waals surface area contributed by atoms with E-state index in [1.807, 2.05) is 25.1 Å². The Balaban J connectivity index is 2.00. The molecule has 1 N–H and O–H groups in total. The van der Waals surface area contributed by atoms with Crippen molar-refractivity contribution in [1.29, 1.82) is 0 Å². The van der Waals surface area contributed by atoms with Gasteiger partial charge in [0, 0.05) is 11.9 Å². The highest BCUT2D eigenvalue weighted by Gasteiger charge is 2.11. The molecule has 0 saturated heterocycles. The highest BCUT2D eigenvalue weighted by Crippen LogP contribution is 2.30. The number of pyridine rings is 1. The first-order valence-corrected chi connectivity index (χ1v) is 7.77. The molecule has 4 nitrogen and oxygen atoms in total. The number of aromatic nitrogens is 2. The largest absolute Gasteiger partial charge is 0.439 e. The first-order valence-electron chi connectivity index (χ1n) is 6.95. The Morgan fingerprint density at radius 1 is 1.24 bits per heavy atom. The maximum absolute atomic E-state index is 5.43. The summed E-state index contributed by atoms with van der Waals surface area (Å²) in [7, 11) is 0. The molecule has 0 radical (unpaired) electrons. The first-order chi connectivity index (χ1) is 10.3. The Labute approximate surface area is 128 Å². The summed E-state index contributed by atoms with van der Waals surface area (Å²) in [5.74, 6) is 0. The molecule has 0 bridgehead atoms. The molecule has 0 saturated carbocycles. The van der Waals surface area contributed by atoms with Gasteiger partial charge < -0.3 is 9.73 Å². The van der Waals surface area contributed by atoms with E-state index >= 15 is 0 Å². The molecule has 1 aromatic carbocycles. The first kappa shape index (κ1) is 14.1. The molecule has 108 valence electrons. The zero-order valence-corrected chi connectivity index (χ0v) is 12.9. The van der Waals surface area contributed by atoms with Crippen LogP contribution in [0.4, 0.5) is 0 Å². The van der Waals surface area contributed by atoms with Crippen LogP contribution >= 0.6 is 11.8 Å². The van der Waals surface area contributed by atoms with Crippen LogP contribution in [-0.2, 0) is 6.54 Å². The number of para-hydroxylation sites is 1. The third-order valence-electron chi connectivity index (χ3n) is 3.11. The lowest BCUT2D eigenvalue weighted by Gasteiger charge is -2.09. The number of nitrogens with one attached hydrogen (secondary N) is 1. The Bertz CT molecular complexity index is 754. The quantitative estimate of drug-likeness (QED) is 0.776. The topological polar surface area (TPSA) is 51.0 Å².